The average Bonchev–Trinajstić information content (AvgIpc) is 2.66. The molecule has 1 N–H and O–H groups in total. The molecule has 0 fully saturated rings. The van der Waals surface area contributed by atoms with Crippen LogP contribution in [0.2, 0.25) is 0 Å². The van der Waals surface area contributed by atoms with E-state index in [1.54, 1.807) is 25.2 Å². The molecule has 1 aromatic carbocycles. The average molecular weight is 265 g/mol. The van der Waals surface area contributed by atoms with Crippen molar-refractivity contribution in [3.63, 3.8) is 0 Å². The molecule has 0 radical (unpaired) electrons. The van der Waals surface area contributed by atoms with E-state index in [-0.39, 0.29) is 0 Å². The second-order valence-electron chi connectivity index (χ2n) is 4.33. The van der Waals surface area contributed by atoms with Crippen LogP contribution in [0.1, 0.15) is 17.9 Å². The Morgan fingerprint density at radius 3 is 2.89 bits per heavy atom. The number of fused-ring (bicyclic) bond motifs is 1. The second kappa shape index (κ2) is 5.27. The summed E-state index contributed by atoms with van der Waals surface area (Å²) in [5.74, 6) is -2.03. The first kappa shape index (κ1) is 13.4. The second-order valence-corrected chi connectivity index (χ2v) is 4.33. The van der Waals surface area contributed by atoms with Gasteiger partial charge in [0.25, 0.3) is 0 Å². The summed E-state index contributed by atoms with van der Waals surface area (Å²) in [6.45, 7) is 0.360. The van der Waals surface area contributed by atoms with Crippen LogP contribution in [0.25, 0.3) is 11.1 Å². The number of carbonyl (C=O) groups is 1. The molecule has 2 aromatic rings. The molecule has 0 aliphatic rings. The van der Waals surface area contributed by atoms with Crippen molar-refractivity contribution in [1.82, 2.24) is 4.57 Å². The van der Waals surface area contributed by atoms with Crippen LogP contribution in [0.5, 0.6) is 0 Å². The van der Waals surface area contributed by atoms with Crippen LogP contribution in [0, 0.1) is 0 Å². The Hall–Kier alpha value is -2.08. The lowest BCUT2D eigenvalue weighted by Crippen LogP contribution is -2.14. The Morgan fingerprint density at radius 2 is 2.26 bits per heavy atom. The van der Waals surface area contributed by atoms with Crippen molar-refractivity contribution < 1.29 is 19.1 Å². The molecule has 0 amide bonds. The maximum Gasteiger partial charge on any atom is 0.419 e. The third-order valence-electron chi connectivity index (χ3n) is 3.13. The molecule has 0 saturated heterocycles. The van der Waals surface area contributed by atoms with Crippen LogP contribution in [-0.2, 0) is 16.6 Å². The molecule has 0 bridgehead atoms. The molecule has 1 atom stereocenters. The lowest BCUT2D eigenvalue weighted by atomic mass is 9.96. The van der Waals surface area contributed by atoms with E-state index in [2.05, 4.69) is 0 Å². The summed E-state index contributed by atoms with van der Waals surface area (Å²) in [5, 5.41) is 9.25. The number of hydrogen-bond donors (Lipinski definition) is 1. The summed E-state index contributed by atoms with van der Waals surface area (Å²) < 4.78 is 11.3. The first-order chi connectivity index (χ1) is 9.04. The molecule has 6 heteroatoms. The van der Waals surface area contributed by atoms with Gasteiger partial charge in [0.15, 0.2) is 5.58 Å². The number of oxazole rings is 1. The van der Waals surface area contributed by atoms with E-state index in [1.165, 1.54) is 11.7 Å². The number of aromatic nitrogens is 1. The Balaban J connectivity index is 2.45. The van der Waals surface area contributed by atoms with E-state index in [9.17, 15) is 14.7 Å². The maximum absolute atomic E-state index is 11.4. The molecule has 1 aromatic heterocycles. The van der Waals surface area contributed by atoms with Crippen molar-refractivity contribution in [2.45, 2.75) is 12.3 Å². The monoisotopic (exact) mass is 265 g/mol. The summed E-state index contributed by atoms with van der Waals surface area (Å²) in [6.07, 6.45) is 0.378. The molecule has 0 saturated carbocycles. The lowest BCUT2D eigenvalue weighted by Gasteiger charge is -2.12. The molecule has 102 valence electrons. The molecule has 0 aliphatic carbocycles. The Morgan fingerprint density at radius 1 is 1.53 bits per heavy atom. The summed E-state index contributed by atoms with van der Waals surface area (Å²) >= 11 is 0. The van der Waals surface area contributed by atoms with Gasteiger partial charge in [-0.1, -0.05) is 6.07 Å². The van der Waals surface area contributed by atoms with Gasteiger partial charge >= 0.3 is 11.7 Å². The predicted octanol–water partition coefficient (Wildman–Crippen LogP) is 1.34. The minimum absolute atomic E-state index is 0.360. The van der Waals surface area contributed by atoms with Gasteiger partial charge in [-0.15, -0.1) is 0 Å². The van der Waals surface area contributed by atoms with Gasteiger partial charge in [0.2, 0.25) is 0 Å². The van der Waals surface area contributed by atoms with E-state index < -0.39 is 17.6 Å². The number of nitrogens with zero attached hydrogens (tertiary/aromatic N) is 1. The van der Waals surface area contributed by atoms with Crippen molar-refractivity contribution in [3.05, 3.63) is 34.3 Å². The highest BCUT2D eigenvalue weighted by atomic mass is 16.5. The topological polar surface area (TPSA) is 81.7 Å². The molecule has 0 spiro atoms. The number of aliphatic carboxylic acids is 1. The zero-order chi connectivity index (χ0) is 14.0. The predicted molar refractivity (Wildman–Crippen MR) is 68.3 cm³/mol. The van der Waals surface area contributed by atoms with E-state index in [0.717, 1.165) is 0 Å². The number of carboxylic acid groups (broad SMARTS) is 1. The first-order valence-electron chi connectivity index (χ1n) is 5.86. The minimum Gasteiger partial charge on any atom is -0.481 e. The van der Waals surface area contributed by atoms with Crippen LogP contribution < -0.4 is 5.76 Å². The van der Waals surface area contributed by atoms with Gasteiger partial charge in [-0.05, 0) is 24.1 Å². The Kier molecular flexibility index (Phi) is 3.71. The molecule has 19 heavy (non-hydrogen) atoms. The number of methoxy groups -OCH3 is 1. The lowest BCUT2D eigenvalue weighted by molar-refractivity contribution is -0.139. The quantitative estimate of drug-likeness (QED) is 0.882. The summed E-state index contributed by atoms with van der Waals surface area (Å²) in [4.78, 5) is 22.7. The molecule has 2 rings (SSSR count). The van der Waals surface area contributed by atoms with Crippen LogP contribution in [-0.4, -0.2) is 29.4 Å². The van der Waals surface area contributed by atoms with Crippen molar-refractivity contribution in [2.24, 2.45) is 7.05 Å². The maximum atomic E-state index is 11.4. The fraction of sp³-hybridized carbons (Fsp3) is 0.385. The molecule has 1 heterocycles. The summed E-state index contributed by atoms with van der Waals surface area (Å²) in [5.41, 5.74) is 1.67. The van der Waals surface area contributed by atoms with Crippen molar-refractivity contribution >= 4 is 17.1 Å². The molecular formula is C13H15NO5. The summed E-state index contributed by atoms with van der Waals surface area (Å²) in [6, 6.07) is 4.96. The zero-order valence-corrected chi connectivity index (χ0v) is 10.8. The van der Waals surface area contributed by atoms with Crippen LogP contribution in [0.15, 0.2) is 27.4 Å². The number of aryl methyl sites for hydroxylation is 1. The van der Waals surface area contributed by atoms with Crippen molar-refractivity contribution in [2.75, 3.05) is 13.7 Å². The number of ether oxygens (including phenoxy) is 1. The van der Waals surface area contributed by atoms with E-state index in [1.807, 2.05) is 0 Å². The number of rotatable bonds is 5. The van der Waals surface area contributed by atoms with Gasteiger partial charge in [0.05, 0.1) is 11.4 Å². The van der Waals surface area contributed by atoms with Gasteiger partial charge in [-0.25, -0.2) is 4.79 Å². The largest absolute Gasteiger partial charge is 0.481 e. The van der Waals surface area contributed by atoms with E-state index in [4.69, 9.17) is 9.15 Å². The van der Waals surface area contributed by atoms with Gasteiger partial charge in [0.1, 0.15) is 0 Å². The minimum atomic E-state index is -0.912. The third kappa shape index (κ3) is 2.53. The highest BCUT2D eigenvalue weighted by molar-refractivity contribution is 5.80. The van der Waals surface area contributed by atoms with Crippen molar-refractivity contribution in [3.8, 4) is 0 Å². The fourth-order valence-corrected chi connectivity index (χ4v) is 2.03. The smallest absolute Gasteiger partial charge is 0.419 e. The number of hydrogen-bond acceptors (Lipinski definition) is 4. The summed E-state index contributed by atoms with van der Waals surface area (Å²) in [7, 11) is 3.12. The van der Waals surface area contributed by atoms with Crippen LogP contribution in [0.3, 0.4) is 0 Å². The Bertz CT molecular complexity index is 655. The third-order valence-corrected chi connectivity index (χ3v) is 3.13. The fourth-order valence-electron chi connectivity index (χ4n) is 2.03. The molecular weight excluding hydrogens is 250 g/mol. The zero-order valence-electron chi connectivity index (χ0n) is 10.8. The highest BCUT2D eigenvalue weighted by Crippen LogP contribution is 2.24. The van der Waals surface area contributed by atoms with E-state index in [0.29, 0.717) is 29.7 Å². The van der Waals surface area contributed by atoms with Gasteiger partial charge in [-0.2, -0.15) is 0 Å². The Labute approximate surface area is 109 Å². The standard InChI is InChI=1S/C13H15NO5/c1-14-10-7-8(3-4-11(10)19-13(14)17)9(12(15)16)5-6-18-2/h3-4,7,9H,5-6H2,1-2H3,(H,15,16). The van der Waals surface area contributed by atoms with Gasteiger partial charge in [-0.3, -0.25) is 9.36 Å². The highest BCUT2D eigenvalue weighted by Gasteiger charge is 2.20. The van der Waals surface area contributed by atoms with Crippen LogP contribution >= 0.6 is 0 Å². The van der Waals surface area contributed by atoms with Gasteiger partial charge in [0, 0.05) is 20.8 Å². The molecule has 1 unspecified atom stereocenters. The SMILES string of the molecule is COCCC(C(=O)O)c1ccc2oc(=O)n(C)c2c1. The van der Waals surface area contributed by atoms with E-state index >= 15 is 0 Å². The number of benzene rings is 1. The normalized spacial score (nSPS) is 12.7. The molecule has 0 aliphatic heterocycles. The molecule has 6 nitrogen and oxygen atoms in total. The first-order valence-corrected chi connectivity index (χ1v) is 5.86. The van der Waals surface area contributed by atoms with Gasteiger partial charge < -0.3 is 14.3 Å². The number of carboxylic acids is 1. The van der Waals surface area contributed by atoms with Crippen molar-refractivity contribution in [1.29, 1.82) is 0 Å². The van der Waals surface area contributed by atoms with Crippen LogP contribution in [0.4, 0.5) is 0 Å².